The molecule has 0 radical (unpaired) electrons. The number of halogens is 2. The fourth-order valence-corrected chi connectivity index (χ4v) is 3.82. The molecule has 1 amide bonds. The summed E-state index contributed by atoms with van der Waals surface area (Å²) in [6.45, 7) is 0. The van der Waals surface area contributed by atoms with Crippen molar-refractivity contribution in [3.8, 4) is 0 Å². The quantitative estimate of drug-likeness (QED) is 0.754. The summed E-state index contributed by atoms with van der Waals surface area (Å²) >= 11 is 5.95. The molecule has 0 aliphatic carbocycles. The number of fused-ring (bicyclic) bond motifs is 1. The predicted octanol–water partition coefficient (Wildman–Crippen LogP) is 3.40. The zero-order valence-electron chi connectivity index (χ0n) is 12.7. The number of pyridine rings is 1. The highest BCUT2D eigenvalue weighted by molar-refractivity contribution is 7.90. The molecular weight excluding hydrogens is 367 g/mol. The van der Waals surface area contributed by atoms with E-state index >= 15 is 0 Å². The topological polar surface area (TPSA) is 76.1 Å². The van der Waals surface area contributed by atoms with E-state index in [-0.39, 0.29) is 21.0 Å². The van der Waals surface area contributed by atoms with E-state index in [0.717, 1.165) is 0 Å². The van der Waals surface area contributed by atoms with Gasteiger partial charge >= 0.3 is 0 Å². The number of nitrogens with one attached hydrogen (secondary N) is 1. The number of nitrogens with zero attached hydrogens (tertiary/aromatic N) is 1. The largest absolute Gasteiger partial charge is 0.272 e. The fourth-order valence-electron chi connectivity index (χ4n) is 2.34. The number of benzene rings is 2. The SMILES string of the molecule is O=C(NS(=O)(=O)c1cc(Cl)cc2cccnc12)C(F)c1ccccc1. The summed E-state index contributed by atoms with van der Waals surface area (Å²) in [5.41, 5.74) is 0.201. The number of aromatic nitrogens is 1. The molecule has 1 aromatic heterocycles. The lowest BCUT2D eigenvalue weighted by Crippen LogP contribution is -2.33. The van der Waals surface area contributed by atoms with Crippen LogP contribution in [0.1, 0.15) is 11.7 Å². The molecule has 1 heterocycles. The van der Waals surface area contributed by atoms with E-state index in [0.29, 0.717) is 5.39 Å². The van der Waals surface area contributed by atoms with Crippen LogP contribution in [0.15, 0.2) is 65.7 Å². The molecule has 3 rings (SSSR count). The molecule has 2 aromatic carbocycles. The molecule has 25 heavy (non-hydrogen) atoms. The summed E-state index contributed by atoms with van der Waals surface area (Å²) in [7, 11) is -4.35. The first kappa shape index (κ1) is 17.3. The monoisotopic (exact) mass is 378 g/mol. The molecule has 0 aliphatic rings. The van der Waals surface area contributed by atoms with E-state index in [4.69, 9.17) is 11.6 Å². The van der Waals surface area contributed by atoms with Crippen molar-refractivity contribution in [1.82, 2.24) is 9.71 Å². The Balaban J connectivity index is 1.96. The van der Waals surface area contributed by atoms with Crippen molar-refractivity contribution in [1.29, 1.82) is 0 Å². The van der Waals surface area contributed by atoms with Gasteiger partial charge in [0, 0.05) is 16.6 Å². The standard InChI is InChI=1S/C17H12ClFN2O3S/c18-13-9-12-7-4-8-20-16(12)14(10-13)25(23,24)21-17(22)15(19)11-5-2-1-3-6-11/h1-10,15H,(H,21,22). The number of rotatable bonds is 4. The van der Waals surface area contributed by atoms with Crippen molar-refractivity contribution in [3.63, 3.8) is 0 Å². The van der Waals surface area contributed by atoms with Gasteiger partial charge in [-0.05, 0) is 23.8 Å². The number of amides is 1. The third-order valence-corrected chi connectivity index (χ3v) is 5.06. The van der Waals surface area contributed by atoms with Crippen LogP contribution < -0.4 is 4.72 Å². The molecule has 1 unspecified atom stereocenters. The van der Waals surface area contributed by atoms with Gasteiger partial charge in [-0.3, -0.25) is 9.78 Å². The molecule has 0 aliphatic heterocycles. The Morgan fingerprint density at radius 1 is 1.12 bits per heavy atom. The Kier molecular flexibility index (Phi) is 4.69. The van der Waals surface area contributed by atoms with Gasteiger partial charge in [0.05, 0.1) is 5.52 Å². The average molecular weight is 379 g/mol. The summed E-state index contributed by atoms with van der Waals surface area (Å²) in [4.78, 5) is 15.8. The first-order valence-electron chi connectivity index (χ1n) is 7.18. The van der Waals surface area contributed by atoms with Crippen LogP contribution in [0.2, 0.25) is 5.02 Å². The van der Waals surface area contributed by atoms with E-state index in [1.54, 1.807) is 41.1 Å². The molecular formula is C17H12ClFN2O3S. The zero-order chi connectivity index (χ0) is 18.0. The summed E-state index contributed by atoms with van der Waals surface area (Å²) in [6, 6.07) is 13.5. The lowest BCUT2D eigenvalue weighted by molar-refractivity contribution is -0.124. The first-order valence-corrected chi connectivity index (χ1v) is 9.04. The number of alkyl halides is 1. The van der Waals surface area contributed by atoms with Gasteiger partial charge in [-0.25, -0.2) is 17.5 Å². The molecule has 0 fully saturated rings. The Labute approximate surface area is 148 Å². The van der Waals surface area contributed by atoms with E-state index in [9.17, 15) is 17.6 Å². The maximum absolute atomic E-state index is 14.2. The van der Waals surface area contributed by atoms with Gasteiger partial charge in [-0.1, -0.05) is 48.0 Å². The van der Waals surface area contributed by atoms with Crippen LogP contribution in [0, 0.1) is 0 Å². The van der Waals surface area contributed by atoms with Crippen molar-refractivity contribution in [2.24, 2.45) is 0 Å². The highest BCUT2D eigenvalue weighted by Gasteiger charge is 2.27. The first-order chi connectivity index (χ1) is 11.9. The molecule has 0 spiro atoms. The Morgan fingerprint density at radius 3 is 2.56 bits per heavy atom. The molecule has 1 N–H and O–H groups in total. The van der Waals surface area contributed by atoms with E-state index in [2.05, 4.69) is 4.98 Å². The second-order valence-electron chi connectivity index (χ2n) is 5.22. The third kappa shape index (κ3) is 3.62. The van der Waals surface area contributed by atoms with Gasteiger partial charge in [0.15, 0.2) is 0 Å². The van der Waals surface area contributed by atoms with Crippen molar-refractivity contribution in [2.45, 2.75) is 11.1 Å². The van der Waals surface area contributed by atoms with Gasteiger partial charge in [-0.15, -0.1) is 0 Å². The lowest BCUT2D eigenvalue weighted by Gasteiger charge is -2.12. The highest BCUT2D eigenvalue weighted by atomic mass is 35.5. The van der Waals surface area contributed by atoms with Gasteiger partial charge in [0.2, 0.25) is 6.17 Å². The molecule has 5 nitrogen and oxygen atoms in total. The van der Waals surface area contributed by atoms with Crippen molar-refractivity contribution >= 4 is 38.4 Å². The minimum atomic E-state index is -4.35. The minimum Gasteiger partial charge on any atom is -0.270 e. The minimum absolute atomic E-state index is 0.0595. The van der Waals surface area contributed by atoms with E-state index in [1.807, 2.05) is 0 Å². The van der Waals surface area contributed by atoms with E-state index in [1.165, 1.54) is 24.4 Å². The smallest absolute Gasteiger partial charge is 0.270 e. The van der Waals surface area contributed by atoms with Crippen LogP contribution in [-0.4, -0.2) is 19.3 Å². The summed E-state index contributed by atoms with van der Waals surface area (Å²) in [5, 5.41) is 0.649. The maximum Gasteiger partial charge on any atom is 0.272 e. The van der Waals surface area contributed by atoms with Gasteiger partial charge < -0.3 is 0 Å². The van der Waals surface area contributed by atoms with Crippen LogP contribution in [0.3, 0.4) is 0 Å². The van der Waals surface area contributed by atoms with Crippen LogP contribution in [0.5, 0.6) is 0 Å². The van der Waals surface area contributed by atoms with Gasteiger partial charge in [0.1, 0.15) is 4.90 Å². The summed E-state index contributed by atoms with van der Waals surface area (Å²) in [5.74, 6) is -1.28. The lowest BCUT2D eigenvalue weighted by atomic mass is 10.1. The molecule has 8 heteroatoms. The molecule has 0 saturated heterocycles. The Hall–Kier alpha value is -2.51. The van der Waals surface area contributed by atoms with E-state index < -0.39 is 22.1 Å². The van der Waals surface area contributed by atoms with Crippen LogP contribution in [0.4, 0.5) is 4.39 Å². The van der Waals surface area contributed by atoms with Gasteiger partial charge in [-0.2, -0.15) is 0 Å². The molecule has 0 saturated carbocycles. The Bertz CT molecular complexity index is 1040. The van der Waals surface area contributed by atoms with Gasteiger partial charge in [0.25, 0.3) is 15.9 Å². The number of hydrogen-bond donors (Lipinski definition) is 1. The number of hydrogen-bond acceptors (Lipinski definition) is 4. The number of sulfonamides is 1. The number of carbonyl (C=O) groups excluding carboxylic acids is 1. The summed E-state index contributed by atoms with van der Waals surface area (Å²) < 4.78 is 41.1. The normalized spacial score (nSPS) is 12.7. The third-order valence-electron chi connectivity index (χ3n) is 3.48. The average Bonchev–Trinajstić information content (AvgIpc) is 2.60. The van der Waals surface area contributed by atoms with Crippen LogP contribution in [0.25, 0.3) is 10.9 Å². The predicted molar refractivity (Wildman–Crippen MR) is 92.4 cm³/mol. The molecule has 1 atom stereocenters. The van der Waals surface area contributed by atoms with Crippen molar-refractivity contribution < 1.29 is 17.6 Å². The van der Waals surface area contributed by atoms with Crippen LogP contribution in [-0.2, 0) is 14.8 Å². The second-order valence-corrected chi connectivity index (χ2v) is 7.31. The fraction of sp³-hybridized carbons (Fsp3) is 0.0588. The zero-order valence-corrected chi connectivity index (χ0v) is 14.3. The maximum atomic E-state index is 14.2. The molecule has 0 bridgehead atoms. The summed E-state index contributed by atoms with van der Waals surface area (Å²) in [6.07, 6.45) is -0.701. The molecule has 128 valence electrons. The molecule has 3 aromatic rings. The number of carbonyl (C=O) groups is 1. The highest BCUT2D eigenvalue weighted by Crippen LogP contribution is 2.26. The Morgan fingerprint density at radius 2 is 1.84 bits per heavy atom. The van der Waals surface area contributed by atoms with Crippen molar-refractivity contribution in [3.05, 3.63) is 71.4 Å². The van der Waals surface area contributed by atoms with Crippen LogP contribution >= 0.6 is 11.6 Å². The second kappa shape index (κ2) is 6.78. The van der Waals surface area contributed by atoms with Crippen molar-refractivity contribution in [2.75, 3.05) is 0 Å².